The average Bonchev–Trinajstić information content (AvgIpc) is 3.29. The molecule has 3 aromatic rings. The van der Waals surface area contributed by atoms with Crippen molar-refractivity contribution in [3.05, 3.63) is 35.7 Å². The molecule has 3 rings (SSSR count). The van der Waals surface area contributed by atoms with Crippen molar-refractivity contribution in [1.82, 2.24) is 19.9 Å². The molecule has 0 unspecified atom stereocenters. The molecule has 0 aliphatic carbocycles. The standard InChI is InChI=1S/C18H17F3N4O4/c1-10-15-11(7-12(13-5-4-6-28-13)22-16(15)29-23-10)17(27)25(9-18(19,20)21)8-14(26)24(2)3/h4-7H,8-9H2,1-3H3. The number of pyridine rings is 1. The molecule has 0 saturated heterocycles. The van der Waals surface area contributed by atoms with Crippen molar-refractivity contribution in [2.45, 2.75) is 13.1 Å². The zero-order chi connectivity index (χ0) is 21.3. The number of aryl methyl sites for hydroxylation is 1. The van der Waals surface area contributed by atoms with E-state index in [4.69, 9.17) is 8.94 Å². The Morgan fingerprint density at radius 2 is 1.97 bits per heavy atom. The summed E-state index contributed by atoms with van der Waals surface area (Å²) in [5.74, 6) is -1.35. The summed E-state index contributed by atoms with van der Waals surface area (Å²) in [6.07, 6.45) is -3.30. The number of nitrogens with zero attached hydrogens (tertiary/aromatic N) is 4. The van der Waals surface area contributed by atoms with Crippen LogP contribution >= 0.6 is 0 Å². The average molecular weight is 410 g/mol. The van der Waals surface area contributed by atoms with Crippen LogP contribution in [-0.2, 0) is 4.79 Å². The maximum Gasteiger partial charge on any atom is 0.406 e. The van der Waals surface area contributed by atoms with Crippen LogP contribution in [0.15, 0.2) is 33.4 Å². The van der Waals surface area contributed by atoms with Gasteiger partial charge in [-0.15, -0.1) is 0 Å². The molecule has 0 bridgehead atoms. The Bertz CT molecular complexity index is 1040. The molecule has 154 valence electrons. The number of carbonyl (C=O) groups is 2. The van der Waals surface area contributed by atoms with Gasteiger partial charge in [0.25, 0.3) is 11.6 Å². The number of aromatic nitrogens is 2. The van der Waals surface area contributed by atoms with Gasteiger partial charge in [-0.25, -0.2) is 4.98 Å². The quantitative estimate of drug-likeness (QED) is 0.642. The summed E-state index contributed by atoms with van der Waals surface area (Å²) in [6, 6.07) is 4.48. The Morgan fingerprint density at radius 3 is 2.55 bits per heavy atom. The number of hydrogen-bond acceptors (Lipinski definition) is 6. The molecule has 0 aliphatic rings. The summed E-state index contributed by atoms with van der Waals surface area (Å²) in [6.45, 7) is -0.791. The Balaban J connectivity index is 2.11. The van der Waals surface area contributed by atoms with E-state index in [0.29, 0.717) is 10.7 Å². The van der Waals surface area contributed by atoms with E-state index in [0.717, 1.165) is 4.90 Å². The minimum Gasteiger partial charge on any atom is -0.463 e. The van der Waals surface area contributed by atoms with Crippen molar-refractivity contribution in [1.29, 1.82) is 0 Å². The summed E-state index contributed by atoms with van der Waals surface area (Å²) < 4.78 is 49.6. The van der Waals surface area contributed by atoms with E-state index >= 15 is 0 Å². The van der Waals surface area contributed by atoms with E-state index in [2.05, 4.69) is 10.1 Å². The second-order valence-electron chi connectivity index (χ2n) is 6.55. The molecule has 2 amide bonds. The van der Waals surface area contributed by atoms with Crippen molar-refractivity contribution in [3.63, 3.8) is 0 Å². The molecule has 0 radical (unpaired) electrons. The van der Waals surface area contributed by atoms with Crippen molar-refractivity contribution < 1.29 is 31.7 Å². The third-order valence-electron chi connectivity index (χ3n) is 4.10. The number of halogens is 3. The van der Waals surface area contributed by atoms with Gasteiger partial charge in [-0.3, -0.25) is 9.59 Å². The second kappa shape index (κ2) is 7.57. The number of amides is 2. The van der Waals surface area contributed by atoms with Gasteiger partial charge >= 0.3 is 6.18 Å². The van der Waals surface area contributed by atoms with Gasteiger partial charge in [0, 0.05) is 14.1 Å². The number of hydrogen-bond donors (Lipinski definition) is 0. The van der Waals surface area contributed by atoms with Gasteiger partial charge in [-0.2, -0.15) is 13.2 Å². The zero-order valence-corrected chi connectivity index (χ0v) is 15.8. The molecule has 0 spiro atoms. The Morgan fingerprint density at radius 1 is 1.24 bits per heavy atom. The van der Waals surface area contributed by atoms with E-state index < -0.39 is 31.1 Å². The highest BCUT2D eigenvalue weighted by molar-refractivity contribution is 6.07. The third kappa shape index (κ3) is 4.39. The second-order valence-corrected chi connectivity index (χ2v) is 6.55. The van der Waals surface area contributed by atoms with Crippen LogP contribution in [0.3, 0.4) is 0 Å². The molecule has 0 saturated carbocycles. The molecule has 11 heteroatoms. The van der Waals surface area contributed by atoms with Crippen LogP contribution in [0.4, 0.5) is 13.2 Å². The fourth-order valence-electron chi connectivity index (χ4n) is 2.70. The lowest BCUT2D eigenvalue weighted by atomic mass is 10.1. The molecule has 3 heterocycles. The zero-order valence-electron chi connectivity index (χ0n) is 15.8. The first-order valence-electron chi connectivity index (χ1n) is 8.44. The number of furan rings is 1. The lowest BCUT2D eigenvalue weighted by Gasteiger charge is -2.25. The number of rotatable bonds is 5. The fraction of sp³-hybridized carbons (Fsp3) is 0.333. The highest BCUT2D eigenvalue weighted by Gasteiger charge is 2.35. The minimum atomic E-state index is -4.69. The Labute approximate surface area is 162 Å². The molecule has 0 N–H and O–H groups in total. The fourth-order valence-corrected chi connectivity index (χ4v) is 2.70. The molecule has 8 nitrogen and oxygen atoms in total. The Kier molecular flexibility index (Phi) is 5.31. The van der Waals surface area contributed by atoms with Crippen LogP contribution in [0.5, 0.6) is 0 Å². The Hall–Kier alpha value is -3.37. The predicted molar refractivity (Wildman–Crippen MR) is 94.9 cm³/mol. The van der Waals surface area contributed by atoms with E-state index in [9.17, 15) is 22.8 Å². The van der Waals surface area contributed by atoms with Crippen molar-refractivity contribution in [3.8, 4) is 11.5 Å². The van der Waals surface area contributed by atoms with Crippen molar-refractivity contribution >= 4 is 22.9 Å². The van der Waals surface area contributed by atoms with Gasteiger partial charge in [0.2, 0.25) is 5.91 Å². The molecule has 3 aromatic heterocycles. The predicted octanol–water partition coefficient (Wildman–Crippen LogP) is 2.88. The van der Waals surface area contributed by atoms with E-state index in [1.165, 1.54) is 33.3 Å². The molecular formula is C18H17F3N4O4. The molecule has 0 atom stereocenters. The molecule has 0 fully saturated rings. The van der Waals surface area contributed by atoms with E-state index in [1.807, 2.05) is 0 Å². The maximum absolute atomic E-state index is 13.1. The minimum absolute atomic E-state index is 0.0226. The molecule has 0 aromatic carbocycles. The maximum atomic E-state index is 13.1. The van der Waals surface area contributed by atoms with Crippen LogP contribution < -0.4 is 0 Å². The van der Waals surface area contributed by atoms with Gasteiger partial charge in [0.05, 0.1) is 22.9 Å². The SMILES string of the molecule is Cc1noc2nc(-c3ccco3)cc(C(=O)N(CC(=O)N(C)C)CC(F)(F)F)c12. The van der Waals surface area contributed by atoms with Crippen LogP contribution in [-0.4, -0.2) is 65.1 Å². The van der Waals surface area contributed by atoms with Gasteiger partial charge < -0.3 is 18.7 Å². The summed E-state index contributed by atoms with van der Waals surface area (Å²) in [4.78, 5) is 30.9. The molecule has 29 heavy (non-hydrogen) atoms. The number of carbonyl (C=O) groups excluding carboxylic acids is 2. The smallest absolute Gasteiger partial charge is 0.406 e. The topological polar surface area (TPSA) is 92.7 Å². The highest BCUT2D eigenvalue weighted by Crippen LogP contribution is 2.29. The van der Waals surface area contributed by atoms with Crippen LogP contribution in [0, 0.1) is 6.92 Å². The lowest BCUT2D eigenvalue weighted by molar-refractivity contribution is -0.146. The monoisotopic (exact) mass is 410 g/mol. The first-order chi connectivity index (χ1) is 13.6. The van der Waals surface area contributed by atoms with Gasteiger partial charge in [-0.1, -0.05) is 5.16 Å². The lowest BCUT2D eigenvalue weighted by Crippen LogP contribution is -2.45. The van der Waals surface area contributed by atoms with Crippen LogP contribution in [0.1, 0.15) is 16.1 Å². The van der Waals surface area contributed by atoms with Crippen LogP contribution in [0.2, 0.25) is 0 Å². The van der Waals surface area contributed by atoms with Crippen LogP contribution in [0.25, 0.3) is 22.6 Å². The summed E-state index contributed by atoms with van der Waals surface area (Å²) in [5, 5.41) is 3.92. The first-order valence-corrected chi connectivity index (χ1v) is 8.44. The van der Waals surface area contributed by atoms with Crippen molar-refractivity contribution in [2.24, 2.45) is 0 Å². The third-order valence-corrected chi connectivity index (χ3v) is 4.10. The van der Waals surface area contributed by atoms with E-state index in [-0.39, 0.29) is 28.1 Å². The van der Waals surface area contributed by atoms with Crippen molar-refractivity contribution in [2.75, 3.05) is 27.2 Å². The summed E-state index contributed by atoms with van der Waals surface area (Å²) >= 11 is 0. The highest BCUT2D eigenvalue weighted by atomic mass is 19.4. The molecule has 0 aliphatic heterocycles. The first kappa shape index (κ1) is 20.4. The largest absolute Gasteiger partial charge is 0.463 e. The normalized spacial score (nSPS) is 11.7. The molecular weight excluding hydrogens is 393 g/mol. The van der Waals surface area contributed by atoms with E-state index in [1.54, 1.807) is 12.1 Å². The summed E-state index contributed by atoms with van der Waals surface area (Å²) in [7, 11) is 2.78. The van der Waals surface area contributed by atoms with Gasteiger partial charge in [0.1, 0.15) is 18.8 Å². The number of likely N-dealkylation sites (N-methyl/N-ethyl adjacent to an activating group) is 1. The number of alkyl halides is 3. The van der Waals surface area contributed by atoms with Gasteiger partial charge in [0.15, 0.2) is 5.76 Å². The number of fused-ring (bicyclic) bond motifs is 1. The van der Waals surface area contributed by atoms with Gasteiger partial charge in [-0.05, 0) is 25.1 Å². The summed E-state index contributed by atoms with van der Waals surface area (Å²) in [5.41, 5.74) is 0.335.